The number of halogens is 1. The molecule has 0 radical (unpaired) electrons. The topological polar surface area (TPSA) is 361 Å². The maximum absolute atomic E-state index is 16.3. The number of likely N-dealkylation sites (N-methyl/N-ethyl adjacent to an activating group) is 1. The van der Waals surface area contributed by atoms with Gasteiger partial charge in [0, 0.05) is 120 Å². The number of fused-ring (bicyclic) bond motifs is 16. The van der Waals surface area contributed by atoms with E-state index in [-0.39, 0.29) is 135 Å². The number of nitrogens with one attached hydrogen (secondary N) is 7. The molecule has 5 aromatic rings. The summed E-state index contributed by atoms with van der Waals surface area (Å²) in [5.41, 5.74) is 2.67. The molecule has 12 bridgehead atoms. The van der Waals surface area contributed by atoms with E-state index < -0.39 is 138 Å². The number of aliphatic hydroxyl groups excluding tert-OH is 1. The van der Waals surface area contributed by atoms with E-state index in [9.17, 15) is 33.9 Å². The summed E-state index contributed by atoms with van der Waals surface area (Å²) in [5.74, 6) is -9.61. The lowest BCUT2D eigenvalue weighted by atomic mass is 9.95. The third kappa shape index (κ3) is 24.4. The maximum Gasteiger partial charge on any atom is 0.246 e. The number of quaternary nitrogens is 1. The Morgan fingerprint density at radius 2 is 1.43 bits per heavy atom. The molecular weight excluding hydrogens is 1480 g/mol. The molecule has 10 atom stereocenters. The standard InChI is InChI=1S/C85H111FN12O17/c1-54-44-64(101)24-29-74(103)95-36-11-9-8-10-35-94-52-61(66-49-62(86)22-28-71(66)94)48-70-82(109)96-38-31-72(115-53-73(102)88-50-60-15-12-14-59(45-60)47-68(79(106)91-70)90-78(105)67(89-77(54)104)27-23-63(100)32-40-113-42-43-114-41-39-98(4,5)6)76(96)81(108)93-75(55(2)99)80(107)92-69(46-57-20-25-65(112-7)26-21-57)83(110)97-37-13-33-85(97,3)84(111)87-34-30-56-16-18-58(51-95)19-17-56/h8,10,12,14-22,25-26,28,45,49,52,54-55,67-70,72,75-76,99H,9,11,13,23-24,27,29-44,46-48,50-51,53H2,1-7H3,(H6-,87,88,89,90,91,92,93,102,104,105,106,107,108,111)/p+1/t54-,55-,67-,68+,69+,70+,72+,75+,76+,85+/m1/s1. The number of methoxy groups -OCH3 is 1. The molecule has 11 rings (SSSR count). The molecule has 29 nitrogen and oxygen atoms in total. The van der Waals surface area contributed by atoms with Gasteiger partial charge in [0.1, 0.15) is 78.1 Å². The SMILES string of the molecule is COc1ccc(C[C@@H]2NC(=O)[C@H]([C@@H](C)O)NC(=O)[C@@H]3[C@@H]4CCN3C(=O)[C@@H]3Cc5cn(c6ccc(F)cc56)CC=CCCCN(Cc5ccc(cc5)CCNC(=O)[C@]5(C)CCCN5C2=O)C(=O)CCC(=O)C[C@@H](C)C(=O)N[C@H](CCC(=O)CCOCCOCC[N+](C)(C)C)C(=O)N[C@@H](Cc2cccc(c2)CNC(=O)CO4)C(=O)N3)cc1. The quantitative estimate of drug-likeness (QED) is 0.0398. The van der Waals surface area contributed by atoms with E-state index in [1.807, 2.05) is 62.1 Å². The zero-order valence-electron chi connectivity index (χ0n) is 67.0. The van der Waals surface area contributed by atoms with Gasteiger partial charge in [0.15, 0.2) is 0 Å². The van der Waals surface area contributed by atoms with Crippen LogP contribution in [0.3, 0.4) is 0 Å². The molecule has 0 aliphatic carbocycles. The first kappa shape index (κ1) is 87.1. The lowest BCUT2D eigenvalue weighted by molar-refractivity contribution is -0.870. The smallest absolute Gasteiger partial charge is 0.246 e. The Morgan fingerprint density at radius 1 is 0.696 bits per heavy atom. The number of rotatable bonds is 16. The van der Waals surface area contributed by atoms with Crippen LogP contribution in [0.5, 0.6) is 5.75 Å². The molecule has 30 heteroatoms. The number of hydrogen-bond donors (Lipinski definition) is 8. The summed E-state index contributed by atoms with van der Waals surface area (Å²) < 4.78 is 41.5. The zero-order valence-corrected chi connectivity index (χ0v) is 67.0. The van der Waals surface area contributed by atoms with Gasteiger partial charge in [-0.15, -0.1) is 0 Å². The molecule has 0 unspecified atom stereocenters. The van der Waals surface area contributed by atoms with E-state index >= 15 is 33.2 Å². The fourth-order valence-electron chi connectivity index (χ4n) is 15.2. The number of ether oxygens (including phenoxy) is 4. The number of aromatic nitrogens is 1. The second kappa shape index (κ2) is 40.8. The van der Waals surface area contributed by atoms with Crippen molar-refractivity contribution in [2.24, 2.45) is 5.92 Å². The van der Waals surface area contributed by atoms with Crippen LogP contribution >= 0.6 is 0 Å². The van der Waals surface area contributed by atoms with E-state index in [1.165, 1.54) is 38.0 Å². The number of carbonyl (C=O) groups excluding carboxylic acids is 12. The third-order valence-electron chi connectivity index (χ3n) is 22.0. The Morgan fingerprint density at radius 3 is 2.17 bits per heavy atom. The van der Waals surface area contributed by atoms with E-state index in [0.29, 0.717) is 82.3 Å². The number of Topliss-reactive ketones (excluding diaryl/α,β-unsaturated/α-hetero) is 2. The molecule has 6 aliphatic rings. The number of aliphatic hydroxyl groups is 1. The molecule has 0 spiro atoms. The second-order valence-electron chi connectivity index (χ2n) is 31.9. The van der Waals surface area contributed by atoms with Crippen molar-refractivity contribution in [3.05, 3.63) is 149 Å². The van der Waals surface area contributed by atoms with Crippen molar-refractivity contribution in [1.82, 2.24) is 56.5 Å². The number of amides is 10. The first-order valence-corrected chi connectivity index (χ1v) is 40.0. The summed E-state index contributed by atoms with van der Waals surface area (Å²) >= 11 is 0. The predicted octanol–water partition coefficient (Wildman–Crippen LogP) is 3.52. The zero-order chi connectivity index (χ0) is 82.5. The Balaban J connectivity index is 1.07. The summed E-state index contributed by atoms with van der Waals surface area (Å²) in [6, 6.07) is 15.3. The minimum Gasteiger partial charge on any atom is -0.497 e. The number of hydrogen-bond acceptors (Lipinski definition) is 17. The number of allylic oxidation sites excluding steroid dienone is 2. The van der Waals surface area contributed by atoms with Crippen LogP contribution in [-0.2, 0) is 117 Å². The summed E-state index contributed by atoms with van der Waals surface area (Å²) in [4.78, 5) is 183. The highest BCUT2D eigenvalue weighted by Gasteiger charge is 2.50. The van der Waals surface area contributed by atoms with Crippen LogP contribution in [0, 0.1) is 11.7 Å². The van der Waals surface area contributed by atoms with Crippen LogP contribution < -0.4 is 42.0 Å². The summed E-state index contributed by atoms with van der Waals surface area (Å²) in [5, 5.41) is 31.8. The van der Waals surface area contributed by atoms with Crippen molar-refractivity contribution < 1.29 is 90.5 Å². The minimum absolute atomic E-state index is 0.0263. The van der Waals surface area contributed by atoms with Crippen molar-refractivity contribution in [3.8, 4) is 5.75 Å². The first-order chi connectivity index (χ1) is 55.0. The molecule has 0 saturated carbocycles. The van der Waals surface area contributed by atoms with E-state index in [4.69, 9.17) is 18.9 Å². The average molecular weight is 1590 g/mol. The van der Waals surface area contributed by atoms with Crippen LogP contribution in [0.25, 0.3) is 10.9 Å². The van der Waals surface area contributed by atoms with Crippen LogP contribution in [0.15, 0.2) is 109 Å². The van der Waals surface area contributed by atoms with E-state index in [0.717, 1.165) is 22.6 Å². The van der Waals surface area contributed by atoms with Gasteiger partial charge in [-0.2, -0.15) is 0 Å². The van der Waals surface area contributed by atoms with Gasteiger partial charge in [-0.1, -0.05) is 79.7 Å². The van der Waals surface area contributed by atoms with Gasteiger partial charge in [0.05, 0.1) is 66.9 Å². The summed E-state index contributed by atoms with van der Waals surface area (Å²) in [7, 11) is 7.62. The number of nitrogens with zero attached hydrogens (tertiary/aromatic N) is 5. The van der Waals surface area contributed by atoms with Crippen molar-refractivity contribution in [2.45, 2.75) is 191 Å². The molecule has 2 fully saturated rings. The summed E-state index contributed by atoms with van der Waals surface area (Å²) in [6.45, 7) is 6.16. The largest absolute Gasteiger partial charge is 0.497 e. The molecule has 6 aliphatic heterocycles. The van der Waals surface area contributed by atoms with Crippen molar-refractivity contribution in [2.75, 3.05) is 94.0 Å². The Labute approximate surface area is 670 Å². The third-order valence-corrected chi connectivity index (χ3v) is 22.0. The summed E-state index contributed by atoms with van der Waals surface area (Å²) in [6.07, 6.45) is 2.29. The van der Waals surface area contributed by atoms with Crippen LogP contribution in [0.4, 0.5) is 4.39 Å². The maximum atomic E-state index is 16.3. The first-order valence-electron chi connectivity index (χ1n) is 40.0. The van der Waals surface area contributed by atoms with Gasteiger partial charge in [-0.05, 0) is 123 Å². The molecule has 7 heterocycles. The van der Waals surface area contributed by atoms with Gasteiger partial charge < -0.3 is 85.0 Å². The second-order valence-corrected chi connectivity index (χ2v) is 31.9. The highest BCUT2D eigenvalue weighted by molar-refractivity contribution is 6.00. The molecule has 10 amide bonds. The van der Waals surface area contributed by atoms with Crippen LogP contribution in [-0.4, -0.2) is 248 Å². The molecule has 1 aromatic heterocycles. The molecular formula is C85H112FN12O17+. The van der Waals surface area contributed by atoms with E-state index in [1.54, 1.807) is 72.6 Å². The van der Waals surface area contributed by atoms with Crippen LogP contribution in [0.2, 0.25) is 0 Å². The Kier molecular flexibility index (Phi) is 30.9. The predicted molar refractivity (Wildman–Crippen MR) is 423 cm³/mol. The van der Waals surface area contributed by atoms with Crippen molar-refractivity contribution in [3.63, 3.8) is 0 Å². The molecule has 2 saturated heterocycles. The van der Waals surface area contributed by atoms with E-state index in [2.05, 4.69) is 37.2 Å². The Hall–Kier alpha value is -10.3. The fraction of sp³-hybridized carbons (Fsp3) is 0.529. The number of carbonyl (C=O) groups is 12. The van der Waals surface area contributed by atoms with Crippen molar-refractivity contribution in [1.29, 1.82) is 0 Å². The highest BCUT2D eigenvalue weighted by Crippen LogP contribution is 2.32. The van der Waals surface area contributed by atoms with Gasteiger partial charge in [0.25, 0.3) is 0 Å². The average Bonchev–Trinajstić information content (AvgIpc) is 1.67. The number of ketones is 2. The van der Waals surface area contributed by atoms with Crippen molar-refractivity contribution >= 4 is 81.5 Å². The normalized spacial score (nSPS) is 24.5. The number of benzene rings is 4. The monoisotopic (exact) mass is 1590 g/mol. The lowest BCUT2D eigenvalue weighted by Gasteiger charge is -2.37. The lowest BCUT2D eigenvalue weighted by Crippen LogP contribution is -2.64. The van der Waals surface area contributed by atoms with Gasteiger partial charge in [0.2, 0.25) is 59.1 Å². The minimum atomic E-state index is -1.86. The fourth-order valence-corrected chi connectivity index (χ4v) is 15.2. The van der Waals surface area contributed by atoms with Gasteiger partial charge >= 0.3 is 0 Å². The Bertz CT molecular complexity index is 4330. The molecule has 115 heavy (non-hydrogen) atoms. The molecule has 620 valence electrons. The van der Waals surface area contributed by atoms with Crippen LogP contribution in [0.1, 0.15) is 125 Å². The van der Waals surface area contributed by atoms with Gasteiger partial charge in [-0.25, -0.2) is 4.39 Å². The molecule has 8 N–H and O–H groups in total. The van der Waals surface area contributed by atoms with Gasteiger partial charge in [-0.3, -0.25) is 57.5 Å². The highest BCUT2D eigenvalue weighted by atomic mass is 19.1. The molecule has 4 aromatic carbocycles.